The Bertz CT molecular complexity index is 1180. The van der Waals surface area contributed by atoms with E-state index in [1.54, 1.807) is 47.6 Å². The van der Waals surface area contributed by atoms with E-state index in [0.717, 1.165) is 16.7 Å². The van der Waals surface area contributed by atoms with Crippen LogP contribution in [0.1, 0.15) is 22.6 Å². The molecule has 0 N–H and O–H groups in total. The lowest BCUT2D eigenvalue weighted by atomic mass is 9.89. The lowest BCUT2D eigenvalue weighted by Gasteiger charge is -2.32. The highest BCUT2D eigenvalue weighted by Gasteiger charge is 2.35. The monoisotopic (exact) mass is 486 g/mol. The van der Waals surface area contributed by atoms with E-state index >= 15 is 0 Å². The van der Waals surface area contributed by atoms with E-state index in [2.05, 4.69) is 4.98 Å². The Kier molecular flexibility index (Phi) is 6.65. The van der Waals surface area contributed by atoms with Gasteiger partial charge in [0.05, 0.1) is 17.7 Å². The average molecular weight is 487 g/mol. The molecule has 0 saturated carbocycles. The van der Waals surface area contributed by atoms with E-state index in [-0.39, 0.29) is 18.2 Å². The first-order valence-electron chi connectivity index (χ1n) is 9.94. The van der Waals surface area contributed by atoms with Gasteiger partial charge in [0.25, 0.3) is 0 Å². The Labute approximate surface area is 197 Å². The number of hydrogen-bond acceptors (Lipinski definition) is 4. The molecule has 0 aliphatic carbocycles. The summed E-state index contributed by atoms with van der Waals surface area (Å²) >= 11 is 12.1. The van der Waals surface area contributed by atoms with E-state index in [1.165, 1.54) is 5.41 Å². The summed E-state index contributed by atoms with van der Waals surface area (Å²) in [7, 11) is -3.35. The second kappa shape index (κ2) is 9.45. The van der Waals surface area contributed by atoms with Crippen molar-refractivity contribution in [2.24, 2.45) is 0 Å². The molecular formula is C24H20Cl2N2O3S. The molecule has 1 aliphatic rings. The van der Waals surface area contributed by atoms with Crippen molar-refractivity contribution >= 4 is 38.9 Å². The van der Waals surface area contributed by atoms with Crippen LogP contribution in [0.25, 0.3) is 0 Å². The zero-order chi connectivity index (χ0) is 22.7. The predicted molar refractivity (Wildman–Crippen MR) is 126 cm³/mol. The topological polar surface area (TPSA) is 67.3 Å². The summed E-state index contributed by atoms with van der Waals surface area (Å²) in [5, 5.41) is 2.31. The van der Waals surface area contributed by atoms with E-state index in [0.29, 0.717) is 10.0 Å². The number of carbonyl (C=O) groups is 1. The molecule has 0 fully saturated rings. The first kappa shape index (κ1) is 22.5. The van der Waals surface area contributed by atoms with Crippen molar-refractivity contribution in [2.45, 2.75) is 18.5 Å². The van der Waals surface area contributed by atoms with Crippen LogP contribution in [0.5, 0.6) is 0 Å². The van der Waals surface area contributed by atoms with Crippen LogP contribution < -0.4 is 0 Å². The van der Waals surface area contributed by atoms with Crippen molar-refractivity contribution in [1.29, 1.82) is 0 Å². The molecule has 3 aromatic rings. The van der Waals surface area contributed by atoms with Crippen LogP contribution >= 0.6 is 23.2 Å². The summed E-state index contributed by atoms with van der Waals surface area (Å²) in [6.45, 7) is 0.254. The van der Waals surface area contributed by atoms with Crippen molar-refractivity contribution in [1.82, 2.24) is 9.88 Å². The molecule has 1 unspecified atom stereocenters. The molecule has 1 aliphatic heterocycles. The number of rotatable bonds is 6. The minimum Gasteiger partial charge on any atom is -0.330 e. The summed E-state index contributed by atoms with van der Waals surface area (Å²) in [6, 6.07) is 17.2. The Morgan fingerprint density at radius 1 is 0.938 bits per heavy atom. The molecule has 1 aromatic heterocycles. The predicted octanol–water partition coefficient (Wildman–Crippen LogP) is 4.86. The Morgan fingerprint density at radius 2 is 1.47 bits per heavy atom. The van der Waals surface area contributed by atoms with Crippen molar-refractivity contribution in [3.63, 3.8) is 0 Å². The van der Waals surface area contributed by atoms with Crippen molar-refractivity contribution in [2.75, 3.05) is 5.75 Å². The first-order chi connectivity index (χ1) is 15.3. The number of amides is 1. The molecule has 8 heteroatoms. The van der Waals surface area contributed by atoms with E-state index in [4.69, 9.17) is 23.2 Å². The second-order valence-corrected chi connectivity index (χ2v) is 10.4. The highest BCUT2D eigenvalue weighted by molar-refractivity contribution is 7.94. The van der Waals surface area contributed by atoms with Gasteiger partial charge in [-0.2, -0.15) is 0 Å². The van der Waals surface area contributed by atoms with Gasteiger partial charge in [-0.25, -0.2) is 8.42 Å². The normalized spacial score (nSPS) is 16.9. The highest BCUT2D eigenvalue weighted by atomic mass is 35.5. The van der Waals surface area contributed by atoms with E-state index in [9.17, 15) is 13.2 Å². The molecule has 1 atom stereocenters. The molecule has 5 nitrogen and oxygen atoms in total. The Hall–Kier alpha value is -2.67. The third-order valence-electron chi connectivity index (χ3n) is 5.35. The Balaban J connectivity index is 1.77. The fourth-order valence-electron chi connectivity index (χ4n) is 3.75. The molecule has 2 heterocycles. The maximum absolute atomic E-state index is 14.0. The molecule has 2 aromatic carbocycles. The number of aromatic nitrogens is 1. The number of pyridine rings is 1. The van der Waals surface area contributed by atoms with Gasteiger partial charge in [-0.3, -0.25) is 9.78 Å². The Morgan fingerprint density at radius 3 is 1.94 bits per heavy atom. The highest BCUT2D eigenvalue weighted by Crippen LogP contribution is 2.31. The quantitative estimate of drug-likeness (QED) is 0.498. The molecule has 0 saturated heterocycles. The lowest BCUT2D eigenvalue weighted by molar-refractivity contribution is -0.133. The molecule has 0 bridgehead atoms. The van der Waals surface area contributed by atoms with Gasteiger partial charge in [0.2, 0.25) is 5.91 Å². The van der Waals surface area contributed by atoms with Crippen LogP contribution in [0, 0.1) is 0 Å². The zero-order valence-electron chi connectivity index (χ0n) is 16.9. The van der Waals surface area contributed by atoms with Crippen LogP contribution in [0.15, 0.2) is 84.5 Å². The fraction of sp³-hybridized carbons (Fsp3) is 0.167. The van der Waals surface area contributed by atoms with Crippen LogP contribution in [-0.4, -0.2) is 36.0 Å². The maximum atomic E-state index is 14.0. The minimum atomic E-state index is -3.35. The third kappa shape index (κ3) is 5.21. The number of carbonyl (C=O) groups excluding carboxylic acids is 1. The molecule has 1 amide bonds. The van der Waals surface area contributed by atoms with E-state index in [1.807, 2.05) is 36.4 Å². The summed E-state index contributed by atoms with van der Waals surface area (Å²) in [5.41, 5.74) is 2.37. The largest absolute Gasteiger partial charge is 0.330 e. The van der Waals surface area contributed by atoms with Gasteiger partial charge in [0.15, 0.2) is 9.84 Å². The SMILES string of the molecule is O=C(C(c1ccc(Cl)cc1)c1ccc(Cl)cc1)N(Cc1ccncc1)C1C=CS(=O)(=O)C1. The van der Waals surface area contributed by atoms with Crippen molar-refractivity contribution in [3.8, 4) is 0 Å². The van der Waals surface area contributed by atoms with Crippen LogP contribution in [-0.2, 0) is 21.2 Å². The average Bonchev–Trinajstić information content (AvgIpc) is 3.15. The van der Waals surface area contributed by atoms with Crippen LogP contribution in [0.2, 0.25) is 10.0 Å². The molecule has 164 valence electrons. The van der Waals surface area contributed by atoms with Gasteiger partial charge in [-0.15, -0.1) is 0 Å². The number of halogens is 2. The van der Waals surface area contributed by atoms with Crippen molar-refractivity contribution in [3.05, 3.63) is 111 Å². The molecule has 32 heavy (non-hydrogen) atoms. The van der Waals surface area contributed by atoms with Gasteiger partial charge in [-0.05, 0) is 59.2 Å². The lowest BCUT2D eigenvalue weighted by Crippen LogP contribution is -2.43. The summed E-state index contributed by atoms with van der Waals surface area (Å²) in [5.74, 6) is -1.00. The van der Waals surface area contributed by atoms with Gasteiger partial charge in [0, 0.05) is 34.4 Å². The van der Waals surface area contributed by atoms with Crippen LogP contribution in [0.3, 0.4) is 0 Å². The van der Waals surface area contributed by atoms with E-state index < -0.39 is 21.8 Å². The standard InChI is InChI=1S/C24H20Cl2N2O3S/c25-20-5-1-18(2-6-20)23(19-3-7-21(26)8-4-19)24(29)28(15-17-9-12-27-13-10-17)22-11-14-32(30,31)16-22/h1-14,22-23H,15-16H2. The number of sulfone groups is 1. The van der Waals surface area contributed by atoms with Gasteiger partial charge in [0.1, 0.15) is 0 Å². The summed E-state index contributed by atoms with van der Waals surface area (Å²) < 4.78 is 24.3. The third-order valence-corrected chi connectivity index (χ3v) is 7.23. The summed E-state index contributed by atoms with van der Waals surface area (Å²) in [6.07, 6.45) is 4.87. The molecule has 0 spiro atoms. The van der Waals surface area contributed by atoms with Crippen LogP contribution in [0.4, 0.5) is 0 Å². The number of nitrogens with zero attached hydrogens (tertiary/aromatic N) is 2. The van der Waals surface area contributed by atoms with Gasteiger partial charge >= 0.3 is 0 Å². The molecule has 4 rings (SSSR count). The smallest absolute Gasteiger partial charge is 0.235 e. The first-order valence-corrected chi connectivity index (χ1v) is 12.4. The minimum absolute atomic E-state index is 0.141. The van der Waals surface area contributed by atoms with Gasteiger partial charge < -0.3 is 4.90 Å². The second-order valence-electron chi connectivity index (χ2n) is 7.58. The molecule has 0 radical (unpaired) electrons. The fourth-order valence-corrected chi connectivity index (χ4v) is 5.30. The molecular weight excluding hydrogens is 467 g/mol. The maximum Gasteiger partial charge on any atom is 0.235 e. The van der Waals surface area contributed by atoms with Crippen molar-refractivity contribution < 1.29 is 13.2 Å². The summed E-state index contributed by atoms with van der Waals surface area (Å²) in [4.78, 5) is 19.7. The number of benzene rings is 2. The van der Waals surface area contributed by atoms with Gasteiger partial charge in [-0.1, -0.05) is 47.5 Å². The number of hydrogen-bond donors (Lipinski definition) is 0. The zero-order valence-corrected chi connectivity index (χ0v) is 19.3.